The second-order valence-electron chi connectivity index (χ2n) is 12.5. The summed E-state index contributed by atoms with van der Waals surface area (Å²) >= 11 is 18.1. The smallest absolute Gasteiger partial charge is 0.258 e. The van der Waals surface area contributed by atoms with E-state index in [9.17, 15) is 28.7 Å². The number of hydrogen-bond acceptors (Lipinski definition) is 6. The summed E-state index contributed by atoms with van der Waals surface area (Å²) in [7, 11) is 1.37. The van der Waals surface area contributed by atoms with Crippen LogP contribution in [-0.4, -0.2) is 56.0 Å². The van der Waals surface area contributed by atoms with Crippen LogP contribution in [0.2, 0.25) is 0 Å². The lowest BCUT2D eigenvalue weighted by Crippen LogP contribution is -2.60. The maximum Gasteiger partial charge on any atom is 0.258 e. The molecule has 1 N–H and O–H groups in total. The Balaban J connectivity index is 1.59. The van der Waals surface area contributed by atoms with Crippen molar-refractivity contribution in [2.24, 2.45) is 17.8 Å². The normalized spacial score (nSPS) is 32.0. The van der Waals surface area contributed by atoms with Crippen LogP contribution in [-0.2, 0) is 19.2 Å². The molecule has 6 atom stereocenters. The number of imide groups is 2. The van der Waals surface area contributed by atoms with Crippen molar-refractivity contribution in [1.82, 2.24) is 4.90 Å². The molecule has 0 bridgehead atoms. The Morgan fingerprint density at radius 2 is 1.67 bits per heavy atom. The van der Waals surface area contributed by atoms with Gasteiger partial charge in [-0.2, -0.15) is 0 Å². The van der Waals surface area contributed by atoms with Crippen molar-refractivity contribution < 1.29 is 33.4 Å². The Kier molecular flexibility index (Phi) is 6.84. The molecule has 226 valence electrons. The molecular formula is C31H28BrCl2FN2O6. The van der Waals surface area contributed by atoms with Crippen molar-refractivity contribution in [1.29, 1.82) is 0 Å². The number of halogens is 4. The summed E-state index contributed by atoms with van der Waals surface area (Å²) in [5, 5.41) is 10.6. The van der Waals surface area contributed by atoms with E-state index < -0.39 is 56.6 Å². The molecule has 4 aliphatic rings. The van der Waals surface area contributed by atoms with E-state index in [0.29, 0.717) is 11.1 Å². The van der Waals surface area contributed by atoms with E-state index in [1.165, 1.54) is 30.2 Å². The van der Waals surface area contributed by atoms with E-state index in [1.54, 1.807) is 26.8 Å². The average Bonchev–Trinajstić information content (AvgIpc) is 3.29. The zero-order chi connectivity index (χ0) is 31.4. The van der Waals surface area contributed by atoms with E-state index >= 15 is 0 Å². The number of aromatic hydroxyl groups is 1. The van der Waals surface area contributed by atoms with Gasteiger partial charge >= 0.3 is 0 Å². The zero-order valence-corrected chi connectivity index (χ0v) is 26.8. The van der Waals surface area contributed by atoms with Gasteiger partial charge in [-0.05, 0) is 97.4 Å². The van der Waals surface area contributed by atoms with Crippen molar-refractivity contribution in [2.75, 3.05) is 12.0 Å². The molecule has 0 radical (unpaired) electrons. The highest BCUT2D eigenvalue weighted by Gasteiger charge is 2.76. The largest absolute Gasteiger partial charge is 0.503 e. The van der Waals surface area contributed by atoms with Gasteiger partial charge in [0.2, 0.25) is 11.8 Å². The first kappa shape index (κ1) is 30.1. The monoisotopic (exact) mass is 692 g/mol. The fraction of sp³-hybridized carbons (Fsp3) is 0.419. The number of rotatable bonds is 3. The molecule has 0 unspecified atom stereocenters. The number of amides is 4. The van der Waals surface area contributed by atoms with E-state index in [2.05, 4.69) is 15.9 Å². The molecule has 0 spiro atoms. The van der Waals surface area contributed by atoms with Gasteiger partial charge in [0.05, 0.1) is 29.1 Å². The first-order valence-electron chi connectivity index (χ1n) is 13.7. The fourth-order valence-corrected chi connectivity index (χ4v) is 8.74. The number of nitrogens with zero attached hydrogens (tertiary/aromatic N) is 2. The Labute approximate surface area is 265 Å². The average molecular weight is 694 g/mol. The van der Waals surface area contributed by atoms with Gasteiger partial charge in [0, 0.05) is 11.5 Å². The maximum absolute atomic E-state index is 14.4. The molecule has 2 aliphatic carbocycles. The number of phenols is 1. The lowest BCUT2D eigenvalue weighted by atomic mass is 9.56. The van der Waals surface area contributed by atoms with Gasteiger partial charge in [-0.1, -0.05) is 11.6 Å². The standard InChI is InChI=1S/C31H28BrCl2FN2O6/c1-29(2,3)37-25(39)18-10-9-17-19(22(18)26(37)40)13-30(33)27(41)36(16-7-5-15(35)6-8-16)28(42)31(30,34)23(17)14-11-20(32)24(38)21(12-14)43-4/h5-9,11-12,18-19,22-23,38H,10,13H2,1-4H3/t18-,19+,22-,23-,30+,31-/m0/s1. The molecule has 1 saturated carbocycles. The van der Waals surface area contributed by atoms with Gasteiger partial charge in [-0.25, -0.2) is 9.29 Å². The van der Waals surface area contributed by atoms with Gasteiger partial charge in [-0.15, -0.1) is 23.2 Å². The number of methoxy groups -OCH3 is 1. The van der Waals surface area contributed by atoms with E-state index in [-0.39, 0.29) is 46.3 Å². The third-order valence-corrected chi connectivity index (χ3v) is 11.2. The van der Waals surface area contributed by atoms with Crippen LogP contribution in [0.15, 0.2) is 52.5 Å². The van der Waals surface area contributed by atoms with Gasteiger partial charge in [-0.3, -0.25) is 24.1 Å². The third kappa shape index (κ3) is 3.98. The number of allylic oxidation sites excluding steroid dienone is 2. The second-order valence-corrected chi connectivity index (χ2v) is 14.6. The summed E-state index contributed by atoms with van der Waals surface area (Å²) in [6, 6.07) is 7.91. The lowest BCUT2D eigenvalue weighted by molar-refractivity contribution is -0.145. The number of benzene rings is 2. The summed E-state index contributed by atoms with van der Waals surface area (Å²) < 4.78 is 19.4. The molecule has 2 heterocycles. The minimum absolute atomic E-state index is 0.0828. The zero-order valence-electron chi connectivity index (χ0n) is 23.7. The molecule has 0 aromatic heterocycles. The molecule has 6 rings (SSSR count). The van der Waals surface area contributed by atoms with Crippen LogP contribution >= 0.6 is 39.1 Å². The highest BCUT2D eigenvalue weighted by atomic mass is 79.9. The molecule has 3 fully saturated rings. The number of anilines is 1. The molecule has 2 aliphatic heterocycles. The highest BCUT2D eigenvalue weighted by molar-refractivity contribution is 9.10. The van der Waals surface area contributed by atoms with Crippen LogP contribution in [0.3, 0.4) is 0 Å². The minimum Gasteiger partial charge on any atom is -0.503 e. The van der Waals surface area contributed by atoms with Crippen molar-refractivity contribution in [2.45, 2.75) is 54.8 Å². The number of alkyl halides is 2. The van der Waals surface area contributed by atoms with Gasteiger partial charge in [0.25, 0.3) is 11.8 Å². The van der Waals surface area contributed by atoms with Crippen molar-refractivity contribution >= 4 is 68.4 Å². The quantitative estimate of drug-likeness (QED) is 0.253. The van der Waals surface area contributed by atoms with Crippen molar-refractivity contribution in [3.05, 3.63) is 63.9 Å². The van der Waals surface area contributed by atoms with Crippen LogP contribution in [0.4, 0.5) is 10.1 Å². The first-order chi connectivity index (χ1) is 20.1. The Bertz CT molecular complexity index is 1640. The van der Waals surface area contributed by atoms with Gasteiger partial charge in [0.1, 0.15) is 5.82 Å². The van der Waals surface area contributed by atoms with Crippen LogP contribution in [0.1, 0.15) is 45.1 Å². The van der Waals surface area contributed by atoms with Crippen LogP contribution in [0, 0.1) is 23.6 Å². The topological polar surface area (TPSA) is 104 Å². The number of carbonyl (C=O) groups is 4. The summed E-state index contributed by atoms with van der Waals surface area (Å²) in [5.41, 5.74) is 0.325. The minimum atomic E-state index is -2.09. The van der Waals surface area contributed by atoms with E-state index in [1.807, 2.05) is 6.08 Å². The molecule has 2 saturated heterocycles. The fourth-order valence-electron chi connectivity index (χ4n) is 7.35. The van der Waals surface area contributed by atoms with Crippen LogP contribution < -0.4 is 9.64 Å². The summed E-state index contributed by atoms with van der Waals surface area (Å²) in [5.74, 6) is -6.19. The molecule has 12 heteroatoms. The maximum atomic E-state index is 14.4. The lowest BCUT2D eigenvalue weighted by Gasteiger charge is -2.50. The first-order valence-corrected chi connectivity index (χ1v) is 15.3. The molecule has 8 nitrogen and oxygen atoms in total. The van der Waals surface area contributed by atoms with Crippen molar-refractivity contribution in [3.8, 4) is 11.5 Å². The number of hydrogen-bond donors (Lipinski definition) is 1. The Hall–Kier alpha value is -2.95. The van der Waals surface area contributed by atoms with E-state index in [0.717, 1.165) is 17.0 Å². The number of ether oxygens (including phenoxy) is 1. The highest BCUT2D eigenvalue weighted by Crippen LogP contribution is 2.66. The SMILES string of the molecule is COc1cc([C@H]2C3=CC[C@@H]4C(=O)N(C(C)(C)C)C(=O)[C@@H]4[C@@H]3C[C@@]3(Cl)C(=O)N(c4ccc(F)cc4)C(=O)[C@@]23Cl)cc(Br)c1O. The van der Waals surface area contributed by atoms with E-state index in [4.69, 9.17) is 27.9 Å². The Morgan fingerprint density at radius 3 is 2.28 bits per heavy atom. The Morgan fingerprint density at radius 1 is 1.02 bits per heavy atom. The second kappa shape index (κ2) is 9.78. The molecular weight excluding hydrogens is 666 g/mol. The number of fused-ring (bicyclic) bond motifs is 4. The molecule has 43 heavy (non-hydrogen) atoms. The number of phenolic OH excluding ortho intramolecular Hbond substituents is 1. The third-order valence-electron chi connectivity index (χ3n) is 9.17. The van der Waals surface area contributed by atoms with Gasteiger partial charge in [0.15, 0.2) is 21.2 Å². The number of likely N-dealkylation sites (tertiary alicyclic amines) is 1. The van der Waals surface area contributed by atoms with Crippen LogP contribution in [0.5, 0.6) is 11.5 Å². The molecule has 4 amide bonds. The molecule has 2 aromatic rings. The summed E-state index contributed by atoms with van der Waals surface area (Å²) in [6.45, 7) is 5.35. The summed E-state index contributed by atoms with van der Waals surface area (Å²) in [6.07, 6.45) is 1.88. The van der Waals surface area contributed by atoms with Gasteiger partial charge < -0.3 is 9.84 Å². The predicted octanol–water partition coefficient (Wildman–Crippen LogP) is 5.66. The van der Waals surface area contributed by atoms with Crippen molar-refractivity contribution in [3.63, 3.8) is 0 Å². The predicted molar refractivity (Wildman–Crippen MR) is 161 cm³/mol. The van der Waals surface area contributed by atoms with Crippen LogP contribution in [0.25, 0.3) is 0 Å². The molecule has 2 aromatic carbocycles. The number of carbonyl (C=O) groups excluding carboxylic acids is 4. The summed E-state index contributed by atoms with van der Waals surface area (Å²) in [4.78, 5) is 54.2.